The molecule has 3 heterocycles. The van der Waals surface area contributed by atoms with E-state index >= 15 is 0 Å². The minimum absolute atomic E-state index is 0.521. The predicted molar refractivity (Wildman–Crippen MR) is 101 cm³/mol. The summed E-state index contributed by atoms with van der Waals surface area (Å²) in [5.41, 5.74) is 1.09. The Labute approximate surface area is 158 Å². The largest absolute Gasteiger partial charge is 0.333 e. The Morgan fingerprint density at radius 1 is 1.12 bits per heavy atom. The van der Waals surface area contributed by atoms with Crippen molar-refractivity contribution in [1.29, 1.82) is 0 Å². The molecule has 4 aromatic rings. The monoisotopic (exact) mass is 381 g/mol. The van der Waals surface area contributed by atoms with E-state index in [1.165, 1.54) is 12.8 Å². The fourth-order valence-corrected chi connectivity index (χ4v) is 4.19. The second-order valence-electron chi connectivity index (χ2n) is 6.07. The second kappa shape index (κ2) is 6.69. The smallest absolute Gasteiger partial charge is 0.268 e. The SMILES string of the molecule is c1ccc(-n2c(SCc3noc(-c4cccs4)n3)nnc2C2CC2)cc1. The van der Waals surface area contributed by atoms with Gasteiger partial charge >= 0.3 is 0 Å². The van der Waals surface area contributed by atoms with Crippen molar-refractivity contribution in [2.75, 3.05) is 0 Å². The third-order valence-corrected chi connectivity index (χ3v) is 5.93. The van der Waals surface area contributed by atoms with Gasteiger partial charge in [0.2, 0.25) is 0 Å². The quantitative estimate of drug-likeness (QED) is 0.456. The van der Waals surface area contributed by atoms with E-state index in [-0.39, 0.29) is 0 Å². The van der Waals surface area contributed by atoms with Crippen molar-refractivity contribution in [3.05, 3.63) is 59.5 Å². The van der Waals surface area contributed by atoms with Crippen LogP contribution in [0, 0.1) is 0 Å². The molecule has 1 aliphatic carbocycles. The van der Waals surface area contributed by atoms with Gasteiger partial charge in [0.15, 0.2) is 11.0 Å². The van der Waals surface area contributed by atoms with Crippen LogP contribution >= 0.6 is 23.1 Å². The van der Waals surface area contributed by atoms with Gasteiger partial charge in [-0.2, -0.15) is 4.98 Å². The van der Waals surface area contributed by atoms with E-state index in [2.05, 4.69) is 37.0 Å². The molecule has 5 rings (SSSR count). The standard InChI is InChI=1S/C18H15N5OS2/c1-2-5-13(6-3-1)23-16(12-8-9-12)20-21-18(23)26-11-15-19-17(24-22-15)14-7-4-10-25-14/h1-7,10,12H,8-9,11H2. The van der Waals surface area contributed by atoms with Crippen molar-refractivity contribution in [2.24, 2.45) is 0 Å². The summed E-state index contributed by atoms with van der Waals surface area (Å²) in [6.07, 6.45) is 2.37. The number of benzene rings is 1. The topological polar surface area (TPSA) is 69.6 Å². The van der Waals surface area contributed by atoms with Crippen molar-refractivity contribution in [3.63, 3.8) is 0 Å². The molecule has 26 heavy (non-hydrogen) atoms. The Morgan fingerprint density at radius 3 is 2.77 bits per heavy atom. The van der Waals surface area contributed by atoms with Crippen LogP contribution in [0.1, 0.15) is 30.4 Å². The molecule has 0 radical (unpaired) electrons. The highest BCUT2D eigenvalue weighted by Crippen LogP contribution is 2.41. The van der Waals surface area contributed by atoms with Crippen LogP contribution in [0.2, 0.25) is 0 Å². The van der Waals surface area contributed by atoms with Gasteiger partial charge in [0.1, 0.15) is 5.82 Å². The maximum absolute atomic E-state index is 5.36. The zero-order valence-electron chi connectivity index (χ0n) is 13.8. The summed E-state index contributed by atoms with van der Waals surface area (Å²) in [5.74, 6) is 3.39. The lowest BCUT2D eigenvalue weighted by molar-refractivity contribution is 0.426. The van der Waals surface area contributed by atoms with Crippen LogP contribution in [0.25, 0.3) is 16.5 Å². The summed E-state index contributed by atoms with van der Waals surface area (Å²) >= 11 is 3.17. The van der Waals surface area contributed by atoms with Crippen molar-refractivity contribution in [1.82, 2.24) is 24.9 Å². The fraction of sp³-hybridized carbons (Fsp3) is 0.222. The average Bonchev–Trinajstić information content (AvgIpc) is 3.08. The number of aromatic nitrogens is 5. The van der Waals surface area contributed by atoms with Crippen molar-refractivity contribution >= 4 is 23.1 Å². The molecule has 0 saturated heterocycles. The minimum Gasteiger partial charge on any atom is -0.333 e. The normalized spacial score (nSPS) is 14.0. The Hall–Kier alpha value is -2.45. The third kappa shape index (κ3) is 3.06. The zero-order valence-corrected chi connectivity index (χ0v) is 15.4. The van der Waals surface area contributed by atoms with Gasteiger partial charge in [-0.15, -0.1) is 21.5 Å². The lowest BCUT2D eigenvalue weighted by Crippen LogP contribution is -2.01. The lowest BCUT2D eigenvalue weighted by atomic mass is 10.3. The summed E-state index contributed by atoms with van der Waals surface area (Å²) in [6, 6.07) is 14.2. The average molecular weight is 381 g/mol. The van der Waals surface area contributed by atoms with E-state index in [1.54, 1.807) is 23.1 Å². The molecule has 8 heteroatoms. The Morgan fingerprint density at radius 2 is 2.00 bits per heavy atom. The summed E-state index contributed by atoms with van der Waals surface area (Å²) in [4.78, 5) is 5.46. The number of thiophene rings is 1. The highest BCUT2D eigenvalue weighted by atomic mass is 32.2. The van der Waals surface area contributed by atoms with Gasteiger partial charge in [0, 0.05) is 11.6 Å². The molecule has 0 aliphatic heterocycles. The maximum Gasteiger partial charge on any atom is 0.268 e. The van der Waals surface area contributed by atoms with Crippen LogP contribution in [-0.2, 0) is 5.75 Å². The third-order valence-electron chi connectivity index (χ3n) is 4.15. The van der Waals surface area contributed by atoms with Gasteiger partial charge in [-0.3, -0.25) is 4.57 Å². The van der Waals surface area contributed by atoms with Crippen LogP contribution in [0.5, 0.6) is 0 Å². The maximum atomic E-state index is 5.36. The molecule has 130 valence electrons. The molecule has 0 bridgehead atoms. The van der Waals surface area contributed by atoms with Crippen molar-refractivity contribution in [3.8, 4) is 16.5 Å². The number of rotatable bonds is 6. The van der Waals surface area contributed by atoms with Crippen LogP contribution in [-0.4, -0.2) is 24.9 Å². The molecule has 0 unspecified atom stereocenters. The second-order valence-corrected chi connectivity index (χ2v) is 7.96. The highest BCUT2D eigenvalue weighted by Gasteiger charge is 2.31. The molecule has 6 nitrogen and oxygen atoms in total. The van der Waals surface area contributed by atoms with Crippen molar-refractivity contribution < 1.29 is 4.52 Å². The molecular formula is C18H15N5OS2. The van der Waals surface area contributed by atoms with E-state index in [0.29, 0.717) is 23.4 Å². The highest BCUT2D eigenvalue weighted by molar-refractivity contribution is 7.98. The summed E-state index contributed by atoms with van der Waals surface area (Å²) in [7, 11) is 0. The molecule has 1 fully saturated rings. The fourth-order valence-electron chi connectivity index (χ4n) is 2.74. The molecule has 1 aliphatic rings. The Kier molecular flexibility index (Phi) is 4.06. The van der Waals surface area contributed by atoms with E-state index in [1.807, 2.05) is 35.7 Å². The van der Waals surface area contributed by atoms with Crippen LogP contribution in [0.15, 0.2) is 57.5 Å². The zero-order chi connectivity index (χ0) is 17.3. The van der Waals surface area contributed by atoms with Gasteiger partial charge in [0.25, 0.3) is 5.89 Å². The van der Waals surface area contributed by atoms with E-state index in [0.717, 1.165) is 21.5 Å². The number of nitrogens with zero attached hydrogens (tertiary/aromatic N) is 5. The molecule has 3 aromatic heterocycles. The Balaban J connectivity index is 1.39. The predicted octanol–water partition coefficient (Wildman–Crippen LogP) is 4.55. The van der Waals surface area contributed by atoms with Gasteiger partial charge < -0.3 is 4.52 Å². The van der Waals surface area contributed by atoms with Gasteiger partial charge in [-0.1, -0.05) is 41.2 Å². The minimum atomic E-state index is 0.521. The van der Waals surface area contributed by atoms with Gasteiger partial charge in [-0.25, -0.2) is 0 Å². The first-order chi connectivity index (χ1) is 12.9. The molecule has 0 spiro atoms. The molecule has 0 N–H and O–H groups in total. The van der Waals surface area contributed by atoms with Crippen LogP contribution in [0.3, 0.4) is 0 Å². The number of hydrogen-bond acceptors (Lipinski definition) is 7. The van der Waals surface area contributed by atoms with Crippen LogP contribution < -0.4 is 0 Å². The Bertz CT molecular complexity index is 1010. The molecular weight excluding hydrogens is 366 g/mol. The number of thioether (sulfide) groups is 1. The van der Waals surface area contributed by atoms with E-state index in [4.69, 9.17) is 4.52 Å². The van der Waals surface area contributed by atoms with E-state index in [9.17, 15) is 0 Å². The molecule has 0 atom stereocenters. The first-order valence-corrected chi connectivity index (χ1v) is 10.2. The molecule has 0 amide bonds. The molecule has 1 aromatic carbocycles. The van der Waals surface area contributed by atoms with Gasteiger partial charge in [-0.05, 0) is 36.4 Å². The van der Waals surface area contributed by atoms with Gasteiger partial charge in [0.05, 0.1) is 10.6 Å². The lowest BCUT2D eigenvalue weighted by Gasteiger charge is -2.08. The first kappa shape index (κ1) is 15.8. The summed E-state index contributed by atoms with van der Waals surface area (Å²) < 4.78 is 7.51. The van der Waals surface area contributed by atoms with E-state index < -0.39 is 0 Å². The number of hydrogen-bond donors (Lipinski definition) is 0. The number of para-hydroxylation sites is 1. The molecule has 1 saturated carbocycles. The van der Waals surface area contributed by atoms with Crippen LogP contribution in [0.4, 0.5) is 0 Å². The first-order valence-electron chi connectivity index (χ1n) is 8.38. The summed E-state index contributed by atoms with van der Waals surface area (Å²) in [6.45, 7) is 0. The summed E-state index contributed by atoms with van der Waals surface area (Å²) in [5, 5.41) is 15.8. The van der Waals surface area contributed by atoms with Crippen molar-refractivity contribution in [2.45, 2.75) is 29.7 Å².